The highest BCUT2D eigenvalue weighted by Crippen LogP contribution is 2.38. The molecule has 36 heavy (non-hydrogen) atoms. The number of nitrogens with zero attached hydrogens (tertiary/aromatic N) is 3. The van der Waals surface area contributed by atoms with Crippen LogP contribution in [0.1, 0.15) is 34.0 Å². The van der Waals surface area contributed by atoms with E-state index in [1.54, 1.807) is 18.2 Å². The number of thiazole rings is 1. The average Bonchev–Trinajstić information content (AvgIpc) is 3.41. The van der Waals surface area contributed by atoms with E-state index in [9.17, 15) is 27.5 Å². The van der Waals surface area contributed by atoms with Gasteiger partial charge in [0.15, 0.2) is 0 Å². The molecule has 6 nitrogen and oxygen atoms in total. The Kier molecular flexibility index (Phi) is 6.48. The number of fused-ring (bicyclic) bond motifs is 1. The number of hydrogen-bond donors (Lipinski definition) is 2. The quantitative estimate of drug-likeness (QED) is 0.499. The molecule has 2 atom stereocenters. The Bertz CT molecular complexity index is 1550. The number of alkyl halides is 4. The summed E-state index contributed by atoms with van der Waals surface area (Å²) in [6.45, 7) is 0.498. The summed E-state index contributed by atoms with van der Waals surface area (Å²) >= 11 is 6.53. The molecule has 2 N–H and O–H groups in total. The predicted molar refractivity (Wildman–Crippen MR) is 129 cm³/mol. The number of nitrogens with one attached hydrogen (secondary N) is 1. The molecule has 2 aromatic carbocycles. The van der Waals surface area contributed by atoms with E-state index < -0.39 is 34.7 Å². The zero-order chi connectivity index (χ0) is 25.6. The van der Waals surface area contributed by atoms with Crippen molar-refractivity contribution in [1.29, 1.82) is 0 Å². The molecule has 12 heteroatoms. The minimum Gasteiger partial charge on any atom is -0.493 e. The fourth-order valence-electron chi connectivity index (χ4n) is 4.53. The highest BCUT2D eigenvalue weighted by Gasteiger charge is 2.35. The Hall–Kier alpha value is -3.02. The third-order valence-electron chi connectivity index (χ3n) is 6.28. The van der Waals surface area contributed by atoms with E-state index in [1.807, 2.05) is 0 Å². The second kappa shape index (κ2) is 9.45. The van der Waals surface area contributed by atoms with Gasteiger partial charge in [0.05, 0.1) is 28.1 Å². The van der Waals surface area contributed by atoms with Gasteiger partial charge in [0.1, 0.15) is 6.17 Å². The second-order valence-corrected chi connectivity index (χ2v) is 9.94. The lowest BCUT2D eigenvalue weighted by Gasteiger charge is -2.27. The molecule has 1 saturated heterocycles. The van der Waals surface area contributed by atoms with Crippen molar-refractivity contribution in [2.75, 3.05) is 13.1 Å². The van der Waals surface area contributed by atoms with E-state index in [0.717, 1.165) is 10.6 Å². The van der Waals surface area contributed by atoms with E-state index in [1.165, 1.54) is 18.3 Å². The summed E-state index contributed by atoms with van der Waals surface area (Å²) in [6.07, 6.45) is -4.55. The first-order valence-electron chi connectivity index (χ1n) is 11.0. The topological polar surface area (TPSA) is 79.0 Å². The van der Waals surface area contributed by atoms with Crippen LogP contribution in [0, 0.1) is 0 Å². The Morgan fingerprint density at radius 2 is 2.06 bits per heavy atom. The van der Waals surface area contributed by atoms with Crippen LogP contribution in [0.15, 0.2) is 51.4 Å². The SMILES string of the molecule is O=c1sc(C(Cc2ccc(Cl)cc2C(F)(F)F)=c2ccc3c(c2)C=NN=3)c(O)n1[C@@H]1CCNC[C@@H]1F. The molecule has 3 aromatic rings. The summed E-state index contributed by atoms with van der Waals surface area (Å²) in [6, 6.07) is 7.59. The van der Waals surface area contributed by atoms with Gasteiger partial charge in [-0.05, 0) is 53.6 Å². The van der Waals surface area contributed by atoms with Crippen molar-refractivity contribution < 1.29 is 22.7 Å². The molecule has 0 aliphatic carbocycles. The van der Waals surface area contributed by atoms with Gasteiger partial charge in [-0.3, -0.25) is 9.36 Å². The monoisotopic (exact) mass is 538 g/mol. The van der Waals surface area contributed by atoms with E-state index in [4.69, 9.17) is 11.6 Å². The first-order chi connectivity index (χ1) is 17.1. The van der Waals surface area contributed by atoms with Crippen LogP contribution in [0.2, 0.25) is 5.02 Å². The molecule has 0 radical (unpaired) electrons. The molecule has 0 amide bonds. The zero-order valence-corrected chi connectivity index (χ0v) is 20.1. The van der Waals surface area contributed by atoms with Crippen LogP contribution in [0.5, 0.6) is 5.88 Å². The molecule has 1 fully saturated rings. The number of hydrogen-bond acceptors (Lipinski definition) is 6. The molecule has 0 spiro atoms. The van der Waals surface area contributed by atoms with Gasteiger partial charge in [-0.25, -0.2) is 4.39 Å². The summed E-state index contributed by atoms with van der Waals surface area (Å²) in [7, 11) is 0. The Balaban J connectivity index is 1.72. The Labute approximate surface area is 210 Å². The lowest BCUT2D eigenvalue weighted by atomic mass is 9.96. The summed E-state index contributed by atoms with van der Waals surface area (Å²) in [5, 5.41) is 22.8. The van der Waals surface area contributed by atoms with Crippen LogP contribution in [-0.4, -0.2) is 35.1 Å². The third kappa shape index (κ3) is 4.58. The van der Waals surface area contributed by atoms with Gasteiger partial charge in [-0.1, -0.05) is 35.1 Å². The third-order valence-corrected chi connectivity index (χ3v) is 7.52. The molecular weight excluding hydrogens is 520 g/mol. The molecule has 0 saturated carbocycles. The molecule has 0 bridgehead atoms. The molecular formula is C24H19ClF4N4O2S. The van der Waals surface area contributed by atoms with Crippen LogP contribution in [0.4, 0.5) is 17.6 Å². The molecule has 1 aromatic heterocycles. The summed E-state index contributed by atoms with van der Waals surface area (Å²) < 4.78 is 57.2. The van der Waals surface area contributed by atoms with Crippen molar-refractivity contribution in [2.45, 2.75) is 31.2 Å². The molecule has 5 rings (SSSR count). The average molecular weight is 539 g/mol. The smallest absolute Gasteiger partial charge is 0.416 e. The molecule has 0 unspecified atom stereocenters. The van der Waals surface area contributed by atoms with E-state index >= 15 is 0 Å². The fraction of sp³-hybridized carbons (Fsp3) is 0.292. The van der Waals surface area contributed by atoms with Gasteiger partial charge in [0.25, 0.3) is 0 Å². The van der Waals surface area contributed by atoms with Gasteiger partial charge in [0, 0.05) is 23.6 Å². The maximum absolute atomic E-state index is 14.6. The molecule has 2 aliphatic rings. The first-order valence-corrected chi connectivity index (χ1v) is 12.2. The lowest BCUT2D eigenvalue weighted by molar-refractivity contribution is -0.138. The van der Waals surface area contributed by atoms with Crippen LogP contribution >= 0.6 is 22.9 Å². The van der Waals surface area contributed by atoms with Crippen molar-refractivity contribution in [2.24, 2.45) is 10.2 Å². The number of halogens is 5. The van der Waals surface area contributed by atoms with Crippen molar-refractivity contribution >= 4 is 34.7 Å². The Morgan fingerprint density at radius 1 is 1.25 bits per heavy atom. The van der Waals surface area contributed by atoms with Crippen molar-refractivity contribution in [3.8, 4) is 5.88 Å². The van der Waals surface area contributed by atoms with Crippen LogP contribution in [0.25, 0.3) is 5.57 Å². The van der Waals surface area contributed by atoms with Crippen LogP contribution in [0.3, 0.4) is 0 Å². The van der Waals surface area contributed by atoms with Gasteiger partial charge in [-0.15, -0.1) is 0 Å². The molecule has 2 aliphatic heterocycles. The number of aromatic hydroxyl groups is 1. The summed E-state index contributed by atoms with van der Waals surface area (Å²) in [5.74, 6) is -0.462. The van der Waals surface area contributed by atoms with Gasteiger partial charge < -0.3 is 10.4 Å². The minimum atomic E-state index is -4.67. The maximum atomic E-state index is 14.6. The molecule has 188 valence electrons. The highest BCUT2D eigenvalue weighted by atomic mass is 35.5. The van der Waals surface area contributed by atoms with E-state index in [-0.39, 0.29) is 40.4 Å². The summed E-state index contributed by atoms with van der Waals surface area (Å²) in [5.41, 5.74) is -0.0735. The van der Waals surface area contributed by atoms with Gasteiger partial charge in [0.2, 0.25) is 5.88 Å². The minimum absolute atomic E-state index is 0.0334. The van der Waals surface area contributed by atoms with Crippen LogP contribution < -0.4 is 20.8 Å². The van der Waals surface area contributed by atoms with E-state index in [0.29, 0.717) is 34.0 Å². The van der Waals surface area contributed by atoms with Crippen molar-refractivity contribution in [3.63, 3.8) is 0 Å². The summed E-state index contributed by atoms with van der Waals surface area (Å²) in [4.78, 5) is 12.4. The van der Waals surface area contributed by atoms with Crippen LogP contribution in [-0.2, 0) is 12.6 Å². The van der Waals surface area contributed by atoms with Gasteiger partial charge >= 0.3 is 11.0 Å². The van der Waals surface area contributed by atoms with Crippen molar-refractivity contribution in [1.82, 2.24) is 9.88 Å². The largest absolute Gasteiger partial charge is 0.493 e. The highest BCUT2D eigenvalue weighted by molar-refractivity contribution is 7.10. The van der Waals surface area contributed by atoms with Gasteiger partial charge in [-0.2, -0.15) is 23.4 Å². The molecule has 3 heterocycles. The maximum Gasteiger partial charge on any atom is 0.416 e. The number of piperidine rings is 1. The number of aromatic nitrogens is 1. The normalized spacial score (nSPS) is 20.2. The number of rotatable bonds is 4. The Morgan fingerprint density at radius 3 is 2.81 bits per heavy atom. The predicted octanol–water partition coefficient (Wildman–Crippen LogP) is 3.57. The standard InChI is InChI=1S/C24H19ClF4N4O2S/c25-15-3-1-13(17(9-15)24(27,28)29)8-16(12-2-4-19-14(7-12)10-31-32-19)21-22(34)33(23(35)36-21)20-5-6-30-11-18(20)26/h1-4,7,9-10,18,20,30,34H,5-6,8,11H2/t18-,20+/m0/s1. The lowest BCUT2D eigenvalue weighted by Crippen LogP contribution is -2.41. The number of benzene rings is 2. The second-order valence-electron chi connectivity index (χ2n) is 8.54. The zero-order valence-electron chi connectivity index (χ0n) is 18.5. The van der Waals surface area contributed by atoms with E-state index in [2.05, 4.69) is 15.5 Å². The fourth-order valence-corrected chi connectivity index (χ4v) is 5.70. The first kappa shape index (κ1) is 24.7. The van der Waals surface area contributed by atoms with Crippen molar-refractivity contribution in [3.05, 3.63) is 83.2 Å².